The quantitative estimate of drug-likeness (QED) is 0.837. The molecule has 2 rings (SSSR count). The van der Waals surface area contributed by atoms with Crippen molar-refractivity contribution in [2.24, 2.45) is 0 Å². The van der Waals surface area contributed by atoms with Crippen LogP contribution in [0.25, 0.3) is 0 Å². The van der Waals surface area contributed by atoms with Crippen molar-refractivity contribution in [2.45, 2.75) is 25.3 Å². The highest BCUT2D eigenvalue weighted by Gasteiger charge is 2.15. The van der Waals surface area contributed by atoms with E-state index in [1.54, 1.807) is 29.2 Å². The van der Waals surface area contributed by atoms with Crippen LogP contribution in [-0.4, -0.2) is 32.3 Å². The highest BCUT2D eigenvalue weighted by Crippen LogP contribution is 2.10. The van der Waals surface area contributed by atoms with E-state index in [2.05, 4.69) is 4.72 Å². The maximum absolute atomic E-state index is 12.2. The number of carbonyl (C=O) groups excluding carboxylic acids is 1. The van der Waals surface area contributed by atoms with Crippen LogP contribution in [0.1, 0.15) is 18.1 Å². The van der Waals surface area contributed by atoms with Gasteiger partial charge in [-0.25, -0.2) is 13.1 Å². The Kier molecular flexibility index (Phi) is 6.11. The first-order valence-corrected chi connectivity index (χ1v) is 9.22. The molecule has 0 aliphatic heterocycles. The number of sulfonamides is 1. The maximum Gasteiger partial charge on any atom is 0.240 e. The van der Waals surface area contributed by atoms with E-state index in [0.717, 1.165) is 11.1 Å². The molecule has 5 nitrogen and oxygen atoms in total. The largest absolute Gasteiger partial charge is 0.337 e. The van der Waals surface area contributed by atoms with Crippen LogP contribution in [-0.2, 0) is 21.4 Å². The molecule has 0 aromatic heterocycles. The van der Waals surface area contributed by atoms with E-state index in [1.807, 2.05) is 37.3 Å². The molecule has 1 amide bonds. The lowest BCUT2D eigenvalue weighted by Crippen LogP contribution is -2.37. The van der Waals surface area contributed by atoms with Crippen molar-refractivity contribution in [3.63, 3.8) is 0 Å². The molecular formula is C18H22N2O3S. The number of rotatable bonds is 7. The van der Waals surface area contributed by atoms with Gasteiger partial charge in [0.2, 0.25) is 15.9 Å². The van der Waals surface area contributed by atoms with E-state index in [-0.39, 0.29) is 17.3 Å². The standard InChI is InChI=1S/C18H22N2O3S/c1-15-8-10-18(11-9-15)24(22,23)19-12-13-20(16(2)21)14-17-6-4-3-5-7-17/h3-11,19H,12-14H2,1-2H3. The van der Waals surface area contributed by atoms with Gasteiger partial charge < -0.3 is 4.90 Å². The minimum Gasteiger partial charge on any atom is -0.337 e. The second-order valence-corrected chi connectivity index (χ2v) is 7.40. The average Bonchev–Trinajstić information content (AvgIpc) is 2.55. The maximum atomic E-state index is 12.2. The van der Waals surface area contributed by atoms with Crippen molar-refractivity contribution in [1.82, 2.24) is 9.62 Å². The third-order valence-electron chi connectivity index (χ3n) is 3.67. The topological polar surface area (TPSA) is 66.5 Å². The number of benzene rings is 2. The summed E-state index contributed by atoms with van der Waals surface area (Å²) in [6.07, 6.45) is 0. The lowest BCUT2D eigenvalue weighted by Gasteiger charge is -2.21. The zero-order chi connectivity index (χ0) is 17.6. The number of hydrogen-bond donors (Lipinski definition) is 1. The summed E-state index contributed by atoms with van der Waals surface area (Å²) in [7, 11) is -3.56. The summed E-state index contributed by atoms with van der Waals surface area (Å²) < 4.78 is 27.0. The minimum absolute atomic E-state index is 0.0895. The molecule has 0 spiro atoms. The summed E-state index contributed by atoms with van der Waals surface area (Å²) in [6.45, 7) is 4.33. The molecule has 0 saturated carbocycles. The highest BCUT2D eigenvalue weighted by atomic mass is 32.2. The molecule has 0 atom stereocenters. The summed E-state index contributed by atoms with van der Waals surface area (Å²) in [5.41, 5.74) is 2.01. The van der Waals surface area contributed by atoms with E-state index in [9.17, 15) is 13.2 Å². The highest BCUT2D eigenvalue weighted by molar-refractivity contribution is 7.89. The minimum atomic E-state index is -3.56. The van der Waals surface area contributed by atoms with E-state index in [0.29, 0.717) is 13.1 Å². The third kappa shape index (κ3) is 5.18. The molecular weight excluding hydrogens is 324 g/mol. The van der Waals surface area contributed by atoms with Gasteiger partial charge in [0.05, 0.1) is 4.90 Å². The van der Waals surface area contributed by atoms with Crippen LogP contribution in [0.5, 0.6) is 0 Å². The summed E-state index contributed by atoms with van der Waals surface area (Å²) >= 11 is 0. The van der Waals surface area contributed by atoms with E-state index >= 15 is 0 Å². The second-order valence-electron chi connectivity index (χ2n) is 5.64. The van der Waals surface area contributed by atoms with Crippen molar-refractivity contribution in [1.29, 1.82) is 0 Å². The van der Waals surface area contributed by atoms with Gasteiger partial charge in [0, 0.05) is 26.6 Å². The molecule has 0 aliphatic carbocycles. The first-order valence-electron chi connectivity index (χ1n) is 7.74. The van der Waals surface area contributed by atoms with Crippen LogP contribution in [0, 0.1) is 6.92 Å². The molecule has 0 aliphatic rings. The Bertz CT molecular complexity index is 772. The van der Waals surface area contributed by atoms with Gasteiger partial charge in [0.25, 0.3) is 0 Å². The number of nitrogens with zero attached hydrogens (tertiary/aromatic N) is 1. The van der Waals surface area contributed by atoms with Crippen LogP contribution < -0.4 is 4.72 Å². The molecule has 128 valence electrons. The van der Waals surface area contributed by atoms with E-state index in [4.69, 9.17) is 0 Å². The van der Waals surface area contributed by atoms with Crippen LogP contribution in [0.4, 0.5) is 0 Å². The van der Waals surface area contributed by atoms with Gasteiger partial charge >= 0.3 is 0 Å². The van der Waals surface area contributed by atoms with Crippen molar-refractivity contribution in [3.05, 3.63) is 65.7 Å². The third-order valence-corrected chi connectivity index (χ3v) is 5.14. The van der Waals surface area contributed by atoms with Gasteiger partial charge in [-0.05, 0) is 24.6 Å². The first kappa shape index (κ1) is 18.2. The van der Waals surface area contributed by atoms with Crippen LogP contribution >= 0.6 is 0 Å². The summed E-state index contributed by atoms with van der Waals surface area (Å²) in [5, 5.41) is 0. The monoisotopic (exact) mass is 346 g/mol. The lowest BCUT2D eigenvalue weighted by molar-refractivity contribution is -0.129. The fourth-order valence-electron chi connectivity index (χ4n) is 2.27. The molecule has 2 aromatic carbocycles. The molecule has 0 fully saturated rings. The number of carbonyl (C=O) groups is 1. The van der Waals surface area contributed by atoms with Gasteiger partial charge in [-0.15, -0.1) is 0 Å². The Hall–Kier alpha value is -2.18. The zero-order valence-electron chi connectivity index (χ0n) is 13.9. The fourth-order valence-corrected chi connectivity index (χ4v) is 3.29. The lowest BCUT2D eigenvalue weighted by atomic mass is 10.2. The summed E-state index contributed by atoms with van der Waals surface area (Å²) in [6, 6.07) is 16.3. The number of nitrogens with one attached hydrogen (secondary N) is 1. The fraction of sp³-hybridized carbons (Fsp3) is 0.278. The van der Waals surface area contributed by atoms with Crippen LogP contribution in [0.2, 0.25) is 0 Å². The average molecular weight is 346 g/mol. The molecule has 6 heteroatoms. The predicted molar refractivity (Wildman–Crippen MR) is 93.9 cm³/mol. The normalized spacial score (nSPS) is 11.2. The Labute approximate surface area is 143 Å². The van der Waals surface area contributed by atoms with Gasteiger partial charge in [-0.2, -0.15) is 0 Å². The first-order chi connectivity index (χ1) is 11.4. The van der Waals surface area contributed by atoms with Gasteiger partial charge in [-0.3, -0.25) is 4.79 Å². The number of aryl methyl sites for hydroxylation is 1. The van der Waals surface area contributed by atoms with Crippen molar-refractivity contribution < 1.29 is 13.2 Å². The Morgan fingerprint density at radius 1 is 1.04 bits per heavy atom. The SMILES string of the molecule is CC(=O)N(CCNS(=O)(=O)c1ccc(C)cc1)Cc1ccccc1. The van der Waals surface area contributed by atoms with Gasteiger partial charge in [0.15, 0.2) is 0 Å². The van der Waals surface area contributed by atoms with Gasteiger partial charge in [0.1, 0.15) is 0 Å². The van der Waals surface area contributed by atoms with Crippen molar-refractivity contribution in [3.8, 4) is 0 Å². The summed E-state index contributed by atoms with van der Waals surface area (Å²) in [4.78, 5) is 13.6. The molecule has 2 aromatic rings. The zero-order valence-corrected chi connectivity index (χ0v) is 14.7. The number of amides is 1. The van der Waals surface area contributed by atoms with Crippen molar-refractivity contribution in [2.75, 3.05) is 13.1 Å². The Balaban J connectivity index is 1.95. The van der Waals surface area contributed by atoms with Crippen molar-refractivity contribution >= 4 is 15.9 Å². The molecule has 0 radical (unpaired) electrons. The van der Waals surface area contributed by atoms with E-state index in [1.165, 1.54) is 6.92 Å². The summed E-state index contributed by atoms with van der Waals surface area (Å²) in [5.74, 6) is -0.0895. The van der Waals surface area contributed by atoms with Crippen LogP contribution in [0.15, 0.2) is 59.5 Å². The Morgan fingerprint density at radius 3 is 2.25 bits per heavy atom. The number of hydrogen-bond acceptors (Lipinski definition) is 3. The van der Waals surface area contributed by atoms with Crippen LogP contribution in [0.3, 0.4) is 0 Å². The molecule has 1 N–H and O–H groups in total. The molecule has 0 heterocycles. The predicted octanol–water partition coefficient (Wildman–Crippen LogP) is 2.32. The molecule has 0 bridgehead atoms. The molecule has 24 heavy (non-hydrogen) atoms. The molecule has 0 saturated heterocycles. The van der Waals surface area contributed by atoms with E-state index < -0.39 is 10.0 Å². The smallest absolute Gasteiger partial charge is 0.240 e. The molecule has 0 unspecified atom stereocenters. The Morgan fingerprint density at radius 2 is 1.67 bits per heavy atom. The van der Waals surface area contributed by atoms with Gasteiger partial charge in [-0.1, -0.05) is 48.0 Å². The second kappa shape index (κ2) is 8.08.